The molecule has 0 saturated heterocycles. The van der Waals surface area contributed by atoms with Gasteiger partial charge in [-0.3, -0.25) is 10.1 Å². The van der Waals surface area contributed by atoms with Gasteiger partial charge < -0.3 is 5.32 Å². The summed E-state index contributed by atoms with van der Waals surface area (Å²) in [4.78, 5) is 15.4. The van der Waals surface area contributed by atoms with E-state index in [0.29, 0.717) is 5.13 Å². The zero-order valence-electron chi connectivity index (χ0n) is 8.21. The number of amides is 1. The van der Waals surface area contributed by atoms with Crippen LogP contribution in [0.2, 0.25) is 0 Å². The van der Waals surface area contributed by atoms with E-state index in [1.165, 1.54) is 12.4 Å². The Balaban J connectivity index is 2.09. The number of carbonyl (C=O) groups is 1. The number of anilines is 2. The van der Waals surface area contributed by atoms with Gasteiger partial charge in [0.2, 0.25) is 16.1 Å². The highest BCUT2D eigenvalue weighted by Crippen LogP contribution is 2.14. The van der Waals surface area contributed by atoms with Gasteiger partial charge in [-0.2, -0.15) is 5.10 Å². The number of rotatable bonds is 3. The molecule has 0 fully saturated rings. The maximum Gasteiger partial charge on any atom is 0.289 e. The molecule has 8 nitrogen and oxygen atoms in total. The van der Waals surface area contributed by atoms with Gasteiger partial charge in [0.05, 0.1) is 12.4 Å². The third kappa shape index (κ3) is 2.25. The molecule has 2 N–H and O–H groups in total. The molecule has 0 saturated carbocycles. The Morgan fingerprint density at radius 2 is 2.19 bits per heavy atom. The van der Waals surface area contributed by atoms with Crippen LogP contribution in [0.3, 0.4) is 0 Å². The summed E-state index contributed by atoms with van der Waals surface area (Å²) in [5, 5.41) is 20.7. The average Bonchev–Trinajstić information content (AvgIpc) is 2.79. The van der Waals surface area contributed by atoms with E-state index >= 15 is 0 Å². The molecule has 2 heterocycles. The van der Waals surface area contributed by atoms with Gasteiger partial charge in [-0.05, 0) is 0 Å². The summed E-state index contributed by atoms with van der Waals surface area (Å²) < 4.78 is 0. The van der Waals surface area contributed by atoms with Crippen LogP contribution in [0.1, 0.15) is 9.80 Å². The van der Waals surface area contributed by atoms with Crippen molar-refractivity contribution in [3.05, 3.63) is 17.4 Å². The highest BCUT2D eigenvalue weighted by molar-refractivity contribution is 7.17. The lowest BCUT2D eigenvalue weighted by molar-refractivity contribution is 0.102. The largest absolute Gasteiger partial charge is 0.363 e. The molecule has 0 aliphatic heterocycles. The van der Waals surface area contributed by atoms with E-state index in [4.69, 9.17) is 0 Å². The smallest absolute Gasteiger partial charge is 0.289 e. The second-order valence-electron chi connectivity index (χ2n) is 2.58. The standard InChI is InChI=1S/C7H7N7OS/c1-8-7-14-12-5(16-7)4(15)11-6-9-2-3-10-13-6/h2-3H,1H3,(H,8,14)(H,9,11,13,15). The molecule has 9 heteroatoms. The van der Waals surface area contributed by atoms with Gasteiger partial charge in [-0.25, -0.2) is 4.98 Å². The van der Waals surface area contributed by atoms with Crippen LogP contribution in [0.5, 0.6) is 0 Å². The summed E-state index contributed by atoms with van der Waals surface area (Å²) in [7, 11) is 1.70. The van der Waals surface area contributed by atoms with Crippen molar-refractivity contribution in [1.29, 1.82) is 0 Å². The summed E-state index contributed by atoms with van der Waals surface area (Å²) in [6, 6.07) is 0. The molecule has 0 atom stereocenters. The SMILES string of the molecule is CNc1nnc(C(=O)Nc2nccnn2)s1. The van der Waals surface area contributed by atoms with Crippen LogP contribution < -0.4 is 10.6 Å². The first-order valence-electron chi connectivity index (χ1n) is 4.26. The average molecular weight is 237 g/mol. The third-order valence-electron chi connectivity index (χ3n) is 1.54. The summed E-state index contributed by atoms with van der Waals surface area (Å²) in [5.41, 5.74) is 0. The molecule has 0 spiro atoms. The molecule has 2 rings (SSSR count). The molecule has 2 aromatic rings. The molecule has 1 amide bonds. The van der Waals surface area contributed by atoms with Crippen molar-refractivity contribution in [2.45, 2.75) is 0 Å². The normalized spacial score (nSPS) is 9.81. The van der Waals surface area contributed by atoms with Crippen molar-refractivity contribution in [3.8, 4) is 0 Å². The van der Waals surface area contributed by atoms with Gasteiger partial charge in [0.15, 0.2) is 0 Å². The van der Waals surface area contributed by atoms with Gasteiger partial charge in [0.1, 0.15) is 0 Å². The second-order valence-corrected chi connectivity index (χ2v) is 3.56. The van der Waals surface area contributed by atoms with E-state index in [-0.39, 0.29) is 11.0 Å². The minimum Gasteiger partial charge on any atom is -0.363 e. The van der Waals surface area contributed by atoms with Gasteiger partial charge >= 0.3 is 0 Å². The molecule has 0 bridgehead atoms. The van der Waals surface area contributed by atoms with Crippen molar-refractivity contribution in [2.24, 2.45) is 0 Å². The van der Waals surface area contributed by atoms with Crippen LogP contribution in [-0.4, -0.2) is 38.3 Å². The molecule has 82 valence electrons. The molecule has 16 heavy (non-hydrogen) atoms. The zero-order chi connectivity index (χ0) is 11.4. The Bertz CT molecular complexity index is 484. The van der Waals surface area contributed by atoms with Crippen molar-refractivity contribution in [1.82, 2.24) is 25.4 Å². The minimum absolute atomic E-state index is 0.133. The fourth-order valence-corrected chi connectivity index (χ4v) is 1.47. The zero-order valence-corrected chi connectivity index (χ0v) is 9.02. The molecule has 0 aromatic carbocycles. The van der Waals surface area contributed by atoms with E-state index in [1.807, 2.05) is 0 Å². The van der Waals surface area contributed by atoms with Crippen molar-refractivity contribution < 1.29 is 4.79 Å². The number of nitrogens with one attached hydrogen (secondary N) is 2. The summed E-state index contributed by atoms with van der Waals surface area (Å²) >= 11 is 1.14. The fraction of sp³-hybridized carbons (Fsp3) is 0.143. The highest BCUT2D eigenvalue weighted by atomic mass is 32.1. The Kier molecular flexibility index (Phi) is 2.96. The molecule has 2 aromatic heterocycles. The third-order valence-corrected chi connectivity index (χ3v) is 2.48. The molecule has 0 aliphatic rings. The number of carbonyl (C=O) groups excluding carboxylic acids is 1. The van der Waals surface area contributed by atoms with Crippen molar-refractivity contribution in [3.63, 3.8) is 0 Å². The lowest BCUT2D eigenvalue weighted by atomic mass is 10.6. The van der Waals surface area contributed by atoms with Crippen LogP contribution >= 0.6 is 11.3 Å². The number of nitrogens with zero attached hydrogens (tertiary/aromatic N) is 5. The van der Waals surface area contributed by atoms with Crippen LogP contribution in [-0.2, 0) is 0 Å². The summed E-state index contributed by atoms with van der Waals surface area (Å²) in [6.45, 7) is 0. The van der Waals surface area contributed by atoms with Crippen LogP contribution in [0, 0.1) is 0 Å². The van der Waals surface area contributed by atoms with Gasteiger partial charge in [-0.1, -0.05) is 11.3 Å². The fourth-order valence-electron chi connectivity index (χ4n) is 0.876. The Morgan fingerprint density at radius 1 is 1.31 bits per heavy atom. The minimum atomic E-state index is -0.410. The Hall–Kier alpha value is -2.16. The van der Waals surface area contributed by atoms with Crippen molar-refractivity contribution >= 4 is 28.3 Å². The maximum absolute atomic E-state index is 11.6. The number of hydrogen-bond donors (Lipinski definition) is 2. The van der Waals surface area contributed by atoms with E-state index in [1.54, 1.807) is 7.05 Å². The lowest BCUT2D eigenvalue weighted by Gasteiger charge is -1.97. The first-order valence-corrected chi connectivity index (χ1v) is 5.07. The summed E-state index contributed by atoms with van der Waals surface area (Å²) in [6.07, 6.45) is 2.85. The van der Waals surface area contributed by atoms with Gasteiger partial charge in [0.25, 0.3) is 5.91 Å². The number of hydrogen-bond acceptors (Lipinski definition) is 8. The second kappa shape index (κ2) is 4.57. The van der Waals surface area contributed by atoms with Gasteiger partial charge in [0, 0.05) is 7.05 Å². The topological polar surface area (TPSA) is 106 Å². The Labute approximate surface area is 94.2 Å². The predicted octanol–water partition coefficient (Wildman–Crippen LogP) is 0.0171. The van der Waals surface area contributed by atoms with E-state index in [0.717, 1.165) is 11.3 Å². The van der Waals surface area contributed by atoms with E-state index in [2.05, 4.69) is 36.0 Å². The molecule has 0 aliphatic carbocycles. The quantitative estimate of drug-likeness (QED) is 0.774. The van der Waals surface area contributed by atoms with Crippen LogP contribution in [0.15, 0.2) is 12.4 Å². The lowest BCUT2D eigenvalue weighted by Crippen LogP contribution is -2.14. The first kappa shape index (κ1) is 10.4. The van der Waals surface area contributed by atoms with E-state index < -0.39 is 5.91 Å². The van der Waals surface area contributed by atoms with Crippen LogP contribution in [0.25, 0.3) is 0 Å². The molecular weight excluding hydrogens is 230 g/mol. The maximum atomic E-state index is 11.6. The first-order chi connectivity index (χ1) is 7.79. The highest BCUT2D eigenvalue weighted by Gasteiger charge is 2.13. The number of aromatic nitrogens is 5. The monoisotopic (exact) mass is 237 g/mol. The Morgan fingerprint density at radius 3 is 2.81 bits per heavy atom. The van der Waals surface area contributed by atoms with E-state index in [9.17, 15) is 4.79 Å². The molecule has 0 radical (unpaired) electrons. The molecule has 0 unspecified atom stereocenters. The van der Waals surface area contributed by atoms with Crippen molar-refractivity contribution in [2.75, 3.05) is 17.7 Å². The predicted molar refractivity (Wildman–Crippen MR) is 57.2 cm³/mol. The van der Waals surface area contributed by atoms with Gasteiger partial charge in [-0.15, -0.1) is 15.3 Å². The van der Waals surface area contributed by atoms with Crippen LogP contribution in [0.4, 0.5) is 11.1 Å². The summed E-state index contributed by atoms with van der Waals surface area (Å²) in [5.74, 6) is -0.277. The molecular formula is C7H7N7OS.